The van der Waals surface area contributed by atoms with Crippen LogP contribution in [0.2, 0.25) is 0 Å². The largest absolute Gasteiger partial charge is 0.315 e. The number of aryl methyl sites for hydroxylation is 1. The molecule has 1 aliphatic rings. The Morgan fingerprint density at radius 1 is 1.36 bits per heavy atom. The Kier molecular flexibility index (Phi) is 4.11. The lowest BCUT2D eigenvalue weighted by atomic mass is 10.1. The van der Waals surface area contributed by atoms with Crippen LogP contribution in [0.25, 0.3) is 0 Å². The van der Waals surface area contributed by atoms with E-state index in [0.717, 1.165) is 23.7 Å². The zero-order valence-electron chi connectivity index (χ0n) is 12.4. The number of rotatable bonds is 4. The van der Waals surface area contributed by atoms with Crippen molar-refractivity contribution in [2.75, 3.05) is 18.1 Å². The quantitative estimate of drug-likeness (QED) is 0.917. The van der Waals surface area contributed by atoms with E-state index in [0.29, 0.717) is 18.1 Å². The van der Waals surface area contributed by atoms with Crippen LogP contribution in [0, 0.1) is 6.92 Å². The minimum Gasteiger partial charge on any atom is -0.315 e. The number of hydrogen-bond acceptors (Lipinski definition) is 7. The Hall–Kier alpha value is -1.58. The third-order valence-electron chi connectivity index (χ3n) is 3.52. The Labute approximate surface area is 133 Å². The van der Waals surface area contributed by atoms with Gasteiger partial charge in [-0.15, -0.1) is 11.3 Å². The van der Waals surface area contributed by atoms with Crippen LogP contribution in [0.1, 0.15) is 30.3 Å². The van der Waals surface area contributed by atoms with Crippen molar-refractivity contribution < 1.29 is 8.42 Å². The van der Waals surface area contributed by atoms with Crippen LogP contribution in [0.4, 0.5) is 10.9 Å². The molecule has 3 rings (SSSR count). The van der Waals surface area contributed by atoms with E-state index in [2.05, 4.69) is 20.3 Å². The first kappa shape index (κ1) is 15.3. The van der Waals surface area contributed by atoms with Crippen LogP contribution in [-0.4, -0.2) is 40.5 Å². The van der Waals surface area contributed by atoms with E-state index in [1.54, 1.807) is 12.4 Å². The molecular weight excluding hydrogens is 322 g/mol. The van der Waals surface area contributed by atoms with Gasteiger partial charge in [0.2, 0.25) is 10.0 Å². The first-order valence-corrected chi connectivity index (χ1v) is 9.65. The van der Waals surface area contributed by atoms with Crippen molar-refractivity contribution in [2.24, 2.45) is 0 Å². The third-order valence-corrected chi connectivity index (χ3v) is 5.68. The molecule has 3 heterocycles. The molecule has 1 saturated heterocycles. The van der Waals surface area contributed by atoms with Gasteiger partial charge in [-0.1, -0.05) is 0 Å². The molecule has 2 aromatic rings. The smallest absolute Gasteiger partial charge is 0.211 e. The van der Waals surface area contributed by atoms with Gasteiger partial charge < -0.3 is 5.32 Å². The molecule has 1 aliphatic heterocycles. The summed E-state index contributed by atoms with van der Waals surface area (Å²) in [6, 6.07) is -0.271. The van der Waals surface area contributed by atoms with Gasteiger partial charge in [0, 0.05) is 24.3 Å². The highest BCUT2D eigenvalue weighted by Gasteiger charge is 2.35. The first-order chi connectivity index (χ1) is 10.4. The molecule has 7 nitrogen and oxygen atoms in total. The molecule has 0 radical (unpaired) electrons. The number of sulfonamides is 1. The lowest BCUT2D eigenvalue weighted by Crippen LogP contribution is -2.30. The zero-order valence-corrected chi connectivity index (χ0v) is 14.0. The summed E-state index contributed by atoms with van der Waals surface area (Å²) in [5.74, 6) is 0.567. The molecule has 0 unspecified atom stereocenters. The predicted molar refractivity (Wildman–Crippen MR) is 85.7 cm³/mol. The molecule has 1 N–H and O–H groups in total. The molecule has 0 aromatic carbocycles. The number of nitrogens with zero attached hydrogens (tertiary/aromatic N) is 4. The van der Waals surface area contributed by atoms with Crippen molar-refractivity contribution in [1.29, 1.82) is 0 Å². The normalized spacial score (nSPS) is 19.5. The lowest BCUT2D eigenvalue weighted by molar-refractivity contribution is 0.394. The number of hydrogen-bond donors (Lipinski definition) is 1. The van der Waals surface area contributed by atoms with Crippen molar-refractivity contribution in [3.63, 3.8) is 0 Å². The number of nitrogens with one attached hydrogen (secondary N) is 1. The molecule has 0 amide bonds. The van der Waals surface area contributed by atoms with Gasteiger partial charge in [-0.2, -0.15) is 4.31 Å². The monoisotopic (exact) mass is 339 g/mol. The fourth-order valence-electron chi connectivity index (χ4n) is 2.61. The summed E-state index contributed by atoms with van der Waals surface area (Å²) in [6.45, 7) is 2.44. The van der Waals surface area contributed by atoms with Crippen LogP contribution >= 0.6 is 11.3 Å². The van der Waals surface area contributed by atoms with Gasteiger partial charge in [-0.05, 0) is 19.8 Å². The van der Waals surface area contributed by atoms with E-state index in [4.69, 9.17) is 0 Å². The lowest BCUT2D eigenvalue weighted by Gasteiger charge is -2.22. The van der Waals surface area contributed by atoms with Gasteiger partial charge in [0.25, 0.3) is 0 Å². The molecule has 0 aliphatic carbocycles. The maximum absolute atomic E-state index is 11.9. The molecule has 0 saturated carbocycles. The van der Waals surface area contributed by atoms with E-state index < -0.39 is 10.0 Å². The van der Waals surface area contributed by atoms with E-state index in [-0.39, 0.29) is 6.04 Å². The maximum Gasteiger partial charge on any atom is 0.211 e. The second-order valence-electron chi connectivity index (χ2n) is 5.24. The SMILES string of the molecule is Cc1csc(Nc2nccnc2[C@@H]2CCCN2S(C)(=O)=O)n1. The Balaban J connectivity index is 1.94. The zero-order chi connectivity index (χ0) is 15.7. The summed E-state index contributed by atoms with van der Waals surface area (Å²) in [4.78, 5) is 13.0. The molecule has 0 bridgehead atoms. The highest BCUT2D eigenvalue weighted by molar-refractivity contribution is 7.88. The van der Waals surface area contributed by atoms with Gasteiger partial charge in [-0.25, -0.2) is 18.4 Å². The van der Waals surface area contributed by atoms with Crippen molar-refractivity contribution in [3.8, 4) is 0 Å². The highest BCUT2D eigenvalue weighted by Crippen LogP contribution is 2.36. The number of anilines is 2. The van der Waals surface area contributed by atoms with Crippen LogP contribution in [0.3, 0.4) is 0 Å². The van der Waals surface area contributed by atoms with Gasteiger partial charge >= 0.3 is 0 Å². The van der Waals surface area contributed by atoms with Gasteiger partial charge in [-0.3, -0.25) is 4.98 Å². The van der Waals surface area contributed by atoms with Gasteiger partial charge in [0.05, 0.1) is 18.0 Å². The van der Waals surface area contributed by atoms with Crippen molar-refractivity contribution in [1.82, 2.24) is 19.3 Å². The molecule has 9 heteroatoms. The summed E-state index contributed by atoms with van der Waals surface area (Å²) in [5.41, 5.74) is 1.58. The first-order valence-electron chi connectivity index (χ1n) is 6.92. The van der Waals surface area contributed by atoms with Crippen molar-refractivity contribution in [2.45, 2.75) is 25.8 Å². The van der Waals surface area contributed by atoms with E-state index in [1.165, 1.54) is 21.9 Å². The molecular formula is C13H17N5O2S2. The van der Waals surface area contributed by atoms with Crippen LogP contribution in [-0.2, 0) is 10.0 Å². The maximum atomic E-state index is 11.9. The van der Waals surface area contributed by atoms with Crippen molar-refractivity contribution in [3.05, 3.63) is 29.2 Å². The average molecular weight is 339 g/mol. The summed E-state index contributed by atoms with van der Waals surface area (Å²) >= 11 is 1.48. The standard InChI is InChI=1S/C13H17N5O2S2/c1-9-8-21-13(16-9)17-12-11(14-5-6-15-12)10-4-3-7-18(10)22(2,19)20/h5-6,8,10H,3-4,7H2,1-2H3,(H,15,16,17)/t10-/m0/s1. The Morgan fingerprint density at radius 3 is 2.82 bits per heavy atom. The molecule has 22 heavy (non-hydrogen) atoms. The van der Waals surface area contributed by atoms with E-state index in [9.17, 15) is 8.42 Å². The molecule has 1 atom stereocenters. The summed E-state index contributed by atoms with van der Waals surface area (Å²) in [6.07, 6.45) is 5.98. The van der Waals surface area contributed by atoms with E-state index >= 15 is 0 Å². The minimum atomic E-state index is -3.26. The van der Waals surface area contributed by atoms with Crippen LogP contribution < -0.4 is 5.32 Å². The second-order valence-corrected chi connectivity index (χ2v) is 8.03. The molecule has 118 valence electrons. The van der Waals surface area contributed by atoms with Gasteiger partial charge in [0.1, 0.15) is 5.69 Å². The molecule has 0 spiro atoms. The van der Waals surface area contributed by atoms with E-state index in [1.807, 2.05) is 12.3 Å². The summed E-state index contributed by atoms with van der Waals surface area (Å²) in [7, 11) is -3.26. The molecule has 2 aromatic heterocycles. The fraction of sp³-hybridized carbons (Fsp3) is 0.462. The highest BCUT2D eigenvalue weighted by atomic mass is 32.2. The molecule has 1 fully saturated rings. The summed E-state index contributed by atoms with van der Waals surface area (Å²) in [5, 5.41) is 5.82. The summed E-state index contributed by atoms with van der Waals surface area (Å²) < 4.78 is 25.4. The van der Waals surface area contributed by atoms with Crippen molar-refractivity contribution >= 4 is 32.3 Å². The number of thiazole rings is 1. The Morgan fingerprint density at radius 2 is 2.14 bits per heavy atom. The fourth-order valence-corrected chi connectivity index (χ4v) is 4.43. The second kappa shape index (κ2) is 5.90. The average Bonchev–Trinajstić information content (AvgIpc) is 3.08. The number of aromatic nitrogens is 3. The topological polar surface area (TPSA) is 88.1 Å². The minimum absolute atomic E-state index is 0.271. The predicted octanol–water partition coefficient (Wildman–Crippen LogP) is 2.08. The van der Waals surface area contributed by atoms with Gasteiger partial charge in [0.15, 0.2) is 10.9 Å². The third kappa shape index (κ3) is 3.11. The Bertz CT molecular complexity index is 774. The van der Waals surface area contributed by atoms with Crippen LogP contribution in [0.15, 0.2) is 17.8 Å². The van der Waals surface area contributed by atoms with Crippen LogP contribution in [0.5, 0.6) is 0 Å².